The van der Waals surface area contributed by atoms with Gasteiger partial charge in [-0.15, -0.1) is 0 Å². The normalized spacial score (nSPS) is 9.85. The van der Waals surface area contributed by atoms with Gasteiger partial charge in [0.25, 0.3) is 5.91 Å². The number of imidazole rings is 1. The maximum Gasteiger partial charge on any atom is 0.266 e. The Labute approximate surface area is 74.1 Å². The molecule has 0 N–H and O–H groups in total. The van der Waals surface area contributed by atoms with Crippen LogP contribution in [0.15, 0.2) is 37.4 Å². The molecule has 0 bridgehead atoms. The summed E-state index contributed by atoms with van der Waals surface area (Å²) in [6, 6.07) is 0. The van der Waals surface area contributed by atoms with Crippen LogP contribution in [-0.4, -0.2) is 25.4 Å². The van der Waals surface area contributed by atoms with Gasteiger partial charge in [0.1, 0.15) is 12.7 Å². The van der Waals surface area contributed by atoms with Gasteiger partial charge in [-0.1, -0.05) is 0 Å². The molecule has 0 atom stereocenters. The lowest BCUT2D eigenvalue weighted by molar-refractivity contribution is 0.0959. The standard InChI is InChI=1S/C8H6N4O/c13-8(12-2-1-9-6-12)7-3-10-5-11-4-7/h1-6H. The van der Waals surface area contributed by atoms with Crippen LogP contribution in [0.5, 0.6) is 0 Å². The quantitative estimate of drug-likeness (QED) is 0.626. The van der Waals surface area contributed by atoms with E-state index in [1.807, 2.05) is 0 Å². The smallest absolute Gasteiger partial charge is 0.266 e. The summed E-state index contributed by atoms with van der Waals surface area (Å²) in [6.07, 6.45) is 8.88. The van der Waals surface area contributed by atoms with Crippen LogP contribution in [0, 0.1) is 0 Å². The van der Waals surface area contributed by atoms with E-state index in [2.05, 4.69) is 15.0 Å². The van der Waals surface area contributed by atoms with Gasteiger partial charge in [-0.05, 0) is 0 Å². The molecule has 64 valence electrons. The summed E-state index contributed by atoms with van der Waals surface area (Å²) in [4.78, 5) is 22.8. The summed E-state index contributed by atoms with van der Waals surface area (Å²) in [5, 5.41) is 0. The van der Waals surface area contributed by atoms with Crippen molar-refractivity contribution in [1.29, 1.82) is 0 Å². The van der Waals surface area contributed by atoms with Crippen LogP contribution in [0.1, 0.15) is 10.4 Å². The van der Waals surface area contributed by atoms with Crippen LogP contribution in [0.3, 0.4) is 0 Å². The lowest BCUT2D eigenvalue weighted by atomic mass is 10.3. The van der Waals surface area contributed by atoms with Crippen molar-refractivity contribution in [3.63, 3.8) is 0 Å². The van der Waals surface area contributed by atoms with Crippen molar-refractivity contribution in [3.8, 4) is 0 Å². The van der Waals surface area contributed by atoms with Gasteiger partial charge in [-0.3, -0.25) is 9.36 Å². The highest BCUT2D eigenvalue weighted by Gasteiger charge is 2.06. The minimum absolute atomic E-state index is 0.182. The fourth-order valence-corrected chi connectivity index (χ4v) is 0.938. The Morgan fingerprint density at radius 1 is 1.23 bits per heavy atom. The fraction of sp³-hybridized carbons (Fsp3) is 0. The third-order valence-corrected chi connectivity index (χ3v) is 1.55. The number of carbonyl (C=O) groups excluding carboxylic acids is 1. The Balaban J connectivity index is 2.34. The molecule has 0 unspecified atom stereocenters. The summed E-state index contributed by atoms with van der Waals surface area (Å²) in [6.45, 7) is 0. The zero-order valence-electron chi connectivity index (χ0n) is 6.66. The first-order valence-corrected chi connectivity index (χ1v) is 3.65. The topological polar surface area (TPSA) is 60.7 Å². The van der Waals surface area contributed by atoms with E-state index in [4.69, 9.17) is 0 Å². The molecule has 0 aliphatic rings. The van der Waals surface area contributed by atoms with Gasteiger partial charge < -0.3 is 0 Å². The molecule has 0 radical (unpaired) electrons. The highest BCUT2D eigenvalue weighted by atomic mass is 16.2. The van der Waals surface area contributed by atoms with Gasteiger partial charge in [0.2, 0.25) is 0 Å². The Bertz CT molecular complexity index is 395. The minimum atomic E-state index is -0.182. The van der Waals surface area contributed by atoms with E-state index in [0.29, 0.717) is 5.56 Å². The van der Waals surface area contributed by atoms with Crippen molar-refractivity contribution in [2.24, 2.45) is 0 Å². The largest absolute Gasteiger partial charge is 0.272 e. The van der Waals surface area contributed by atoms with Crippen molar-refractivity contribution >= 4 is 5.91 Å². The van der Waals surface area contributed by atoms with E-state index < -0.39 is 0 Å². The number of nitrogens with zero attached hydrogens (tertiary/aromatic N) is 4. The molecule has 2 rings (SSSR count). The molecule has 2 aromatic heterocycles. The summed E-state index contributed by atoms with van der Waals surface area (Å²) in [7, 11) is 0. The molecule has 0 saturated heterocycles. The van der Waals surface area contributed by atoms with Crippen molar-refractivity contribution < 1.29 is 4.79 Å². The molecule has 13 heavy (non-hydrogen) atoms. The Hall–Kier alpha value is -2.04. The van der Waals surface area contributed by atoms with Gasteiger partial charge in [-0.2, -0.15) is 0 Å². The maximum atomic E-state index is 11.6. The minimum Gasteiger partial charge on any atom is -0.272 e. The SMILES string of the molecule is O=C(c1cncnc1)n1ccnc1. The number of carbonyl (C=O) groups is 1. The van der Waals surface area contributed by atoms with Gasteiger partial charge in [0, 0.05) is 24.8 Å². The number of hydrogen-bond acceptors (Lipinski definition) is 4. The Morgan fingerprint density at radius 3 is 2.62 bits per heavy atom. The first-order chi connectivity index (χ1) is 6.38. The second-order valence-electron chi connectivity index (χ2n) is 2.40. The average molecular weight is 174 g/mol. The zero-order valence-corrected chi connectivity index (χ0v) is 6.66. The molecule has 0 amide bonds. The van der Waals surface area contributed by atoms with E-state index in [0.717, 1.165) is 0 Å². The van der Waals surface area contributed by atoms with Crippen LogP contribution < -0.4 is 0 Å². The molecular weight excluding hydrogens is 168 g/mol. The predicted octanol–water partition coefficient (Wildman–Crippen LogP) is 0.362. The van der Waals surface area contributed by atoms with E-state index in [1.54, 1.807) is 12.4 Å². The number of rotatable bonds is 1. The Kier molecular flexibility index (Phi) is 1.84. The monoisotopic (exact) mass is 174 g/mol. The second kappa shape index (κ2) is 3.14. The van der Waals surface area contributed by atoms with E-state index >= 15 is 0 Å². The van der Waals surface area contributed by atoms with E-state index in [-0.39, 0.29) is 5.91 Å². The molecule has 0 aliphatic carbocycles. The second-order valence-corrected chi connectivity index (χ2v) is 2.40. The number of hydrogen-bond donors (Lipinski definition) is 0. The molecule has 5 nitrogen and oxygen atoms in total. The molecule has 2 heterocycles. The Morgan fingerprint density at radius 2 is 2.00 bits per heavy atom. The van der Waals surface area contributed by atoms with Crippen molar-refractivity contribution in [2.45, 2.75) is 0 Å². The van der Waals surface area contributed by atoms with Gasteiger partial charge >= 0.3 is 0 Å². The number of aromatic nitrogens is 4. The molecule has 0 spiro atoms. The lowest BCUT2D eigenvalue weighted by Gasteiger charge is -1.97. The third-order valence-electron chi connectivity index (χ3n) is 1.55. The van der Waals surface area contributed by atoms with Crippen molar-refractivity contribution in [2.75, 3.05) is 0 Å². The summed E-state index contributed by atoms with van der Waals surface area (Å²) < 4.78 is 1.37. The van der Waals surface area contributed by atoms with Gasteiger partial charge in [0.05, 0.1) is 5.56 Å². The van der Waals surface area contributed by atoms with Gasteiger partial charge in [0.15, 0.2) is 0 Å². The van der Waals surface area contributed by atoms with E-state index in [9.17, 15) is 4.79 Å². The molecule has 0 aromatic carbocycles. The maximum absolute atomic E-state index is 11.6. The van der Waals surface area contributed by atoms with Gasteiger partial charge in [-0.25, -0.2) is 15.0 Å². The zero-order chi connectivity index (χ0) is 9.10. The molecular formula is C8H6N4O. The summed E-state index contributed by atoms with van der Waals surface area (Å²) in [5.41, 5.74) is 0.445. The highest BCUT2D eigenvalue weighted by Crippen LogP contribution is 1.97. The lowest BCUT2D eigenvalue weighted by Crippen LogP contribution is -2.10. The highest BCUT2D eigenvalue weighted by molar-refractivity contribution is 5.95. The molecule has 5 heteroatoms. The third kappa shape index (κ3) is 1.44. The van der Waals surface area contributed by atoms with E-state index in [1.165, 1.54) is 29.6 Å². The average Bonchev–Trinajstić information content (AvgIpc) is 2.71. The first-order valence-electron chi connectivity index (χ1n) is 3.65. The fourth-order valence-electron chi connectivity index (χ4n) is 0.938. The van der Waals surface area contributed by atoms with Crippen LogP contribution >= 0.6 is 0 Å². The molecule has 0 saturated carbocycles. The summed E-state index contributed by atoms with van der Waals surface area (Å²) in [5.74, 6) is -0.182. The first kappa shape index (κ1) is 7.60. The van der Waals surface area contributed by atoms with Crippen LogP contribution in [0.2, 0.25) is 0 Å². The van der Waals surface area contributed by atoms with Crippen molar-refractivity contribution in [3.05, 3.63) is 43.0 Å². The summed E-state index contributed by atoms with van der Waals surface area (Å²) >= 11 is 0. The molecule has 0 fully saturated rings. The molecule has 2 aromatic rings. The predicted molar refractivity (Wildman–Crippen MR) is 44.0 cm³/mol. The van der Waals surface area contributed by atoms with Crippen LogP contribution in [0.4, 0.5) is 0 Å². The van der Waals surface area contributed by atoms with Crippen LogP contribution in [-0.2, 0) is 0 Å². The molecule has 0 aliphatic heterocycles. The van der Waals surface area contributed by atoms with Crippen molar-refractivity contribution in [1.82, 2.24) is 19.5 Å². The van der Waals surface area contributed by atoms with Crippen LogP contribution in [0.25, 0.3) is 0 Å².